The van der Waals surface area contributed by atoms with Gasteiger partial charge in [0.15, 0.2) is 0 Å². The number of alkyl halides is 3. The Hall–Kier alpha value is -0.780. The molecule has 1 saturated heterocycles. The average Bonchev–Trinajstić information content (AvgIpc) is 2.47. The van der Waals surface area contributed by atoms with Gasteiger partial charge in [0.2, 0.25) is 5.91 Å². The molecule has 1 atom stereocenters. The number of amides is 1. The quantitative estimate of drug-likeness (QED) is 0.747. The third-order valence-electron chi connectivity index (χ3n) is 2.39. The summed E-state index contributed by atoms with van der Waals surface area (Å²) in [4.78, 5) is 12.3. The molecule has 0 aromatic carbocycles. The van der Waals surface area contributed by atoms with Gasteiger partial charge in [-0.25, -0.2) is 0 Å². The zero-order valence-electron chi connectivity index (χ0n) is 7.68. The number of carbonyl (C=O) groups is 1. The molecule has 0 radical (unpaired) electrons. The van der Waals surface area contributed by atoms with Gasteiger partial charge in [0.05, 0.1) is 12.3 Å². The van der Waals surface area contributed by atoms with Crippen molar-refractivity contribution in [1.82, 2.24) is 4.90 Å². The number of rotatable bonds is 3. The second kappa shape index (κ2) is 4.16. The van der Waals surface area contributed by atoms with Crippen molar-refractivity contribution in [3.05, 3.63) is 0 Å². The van der Waals surface area contributed by atoms with E-state index in [-0.39, 0.29) is 12.5 Å². The highest BCUT2D eigenvalue weighted by Crippen LogP contribution is 2.22. The van der Waals surface area contributed by atoms with Crippen LogP contribution in [0.4, 0.5) is 13.2 Å². The van der Waals surface area contributed by atoms with E-state index in [2.05, 4.69) is 0 Å². The molecule has 2 N–H and O–H groups in total. The topological polar surface area (TPSA) is 46.3 Å². The van der Waals surface area contributed by atoms with Crippen LogP contribution in [0.15, 0.2) is 0 Å². The van der Waals surface area contributed by atoms with Crippen molar-refractivity contribution in [3.63, 3.8) is 0 Å². The molecule has 0 saturated carbocycles. The van der Waals surface area contributed by atoms with Crippen molar-refractivity contribution < 1.29 is 18.0 Å². The SMILES string of the molecule is NC(=O)[C@H]1CCN(CCC(F)(F)F)C1. The van der Waals surface area contributed by atoms with Crippen LogP contribution in [0.5, 0.6) is 0 Å². The van der Waals surface area contributed by atoms with Crippen LogP contribution in [0.25, 0.3) is 0 Å². The van der Waals surface area contributed by atoms with E-state index in [1.54, 1.807) is 4.90 Å². The van der Waals surface area contributed by atoms with E-state index in [1.165, 1.54) is 0 Å². The number of nitrogens with two attached hydrogens (primary N) is 1. The summed E-state index contributed by atoms with van der Waals surface area (Å²) < 4.78 is 35.5. The molecule has 0 bridgehead atoms. The Morgan fingerprint density at radius 2 is 2.14 bits per heavy atom. The van der Waals surface area contributed by atoms with Gasteiger partial charge in [0.25, 0.3) is 0 Å². The highest BCUT2D eigenvalue weighted by molar-refractivity contribution is 5.77. The summed E-state index contributed by atoms with van der Waals surface area (Å²) >= 11 is 0. The average molecular weight is 210 g/mol. The Labute approximate surface area is 80.0 Å². The van der Waals surface area contributed by atoms with Gasteiger partial charge in [0.1, 0.15) is 0 Å². The molecule has 1 rings (SSSR count). The summed E-state index contributed by atoms with van der Waals surface area (Å²) in [5, 5.41) is 0. The molecule has 6 heteroatoms. The minimum absolute atomic E-state index is 0.0344. The molecule has 1 heterocycles. The zero-order chi connectivity index (χ0) is 10.8. The smallest absolute Gasteiger partial charge is 0.369 e. The normalized spacial score (nSPS) is 24.1. The summed E-state index contributed by atoms with van der Waals surface area (Å²) in [6, 6.07) is 0. The number of nitrogens with zero attached hydrogens (tertiary/aromatic N) is 1. The van der Waals surface area contributed by atoms with Gasteiger partial charge >= 0.3 is 6.18 Å². The minimum atomic E-state index is -4.12. The van der Waals surface area contributed by atoms with Gasteiger partial charge in [-0.05, 0) is 13.0 Å². The van der Waals surface area contributed by atoms with Crippen molar-refractivity contribution in [1.29, 1.82) is 0 Å². The van der Waals surface area contributed by atoms with Crippen molar-refractivity contribution in [2.45, 2.75) is 19.0 Å². The molecular formula is C8H13F3N2O. The summed E-state index contributed by atoms with van der Waals surface area (Å²) in [6.45, 7) is 0.863. The third-order valence-corrected chi connectivity index (χ3v) is 2.39. The predicted molar refractivity (Wildman–Crippen MR) is 44.4 cm³/mol. The lowest BCUT2D eigenvalue weighted by atomic mass is 10.1. The van der Waals surface area contributed by atoms with E-state index in [0.717, 1.165) is 0 Å². The fraction of sp³-hybridized carbons (Fsp3) is 0.875. The van der Waals surface area contributed by atoms with Crippen LogP contribution in [-0.2, 0) is 4.79 Å². The van der Waals surface area contributed by atoms with Crippen LogP contribution >= 0.6 is 0 Å². The van der Waals surface area contributed by atoms with E-state index >= 15 is 0 Å². The first-order valence-electron chi connectivity index (χ1n) is 4.47. The maximum Gasteiger partial charge on any atom is 0.390 e. The molecule has 0 aromatic heterocycles. The molecular weight excluding hydrogens is 197 g/mol. The lowest BCUT2D eigenvalue weighted by Crippen LogP contribution is -2.29. The van der Waals surface area contributed by atoms with E-state index in [9.17, 15) is 18.0 Å². The van der Waals surface area contributed by atoms with Gasteiger partial charge in [-0.2, -0.15) is 13.2 Å². The summed E-state index contributed by atoms with van der Waals surface area (Å²) in [5.74, 6) is -0.692. The largest absolute Gasteiger partial charge is 0.390 e. The Morgan fingerprint density at radius 3 is 2.57 bits per heavy atom. The van der Waals surface area contributed by atoms with E-state index < -0.39 is 18.5 Å². The maximum absolute atomic E-state index is 11.8. The van der Waals surface area contributed by atoms with Crippen LogP contribution in [0.3, 0.4) is 0 Å². The summed E-state index contributed by atoms with van der Waals surface area (Å²) in [7, 11) is 0. The van der Waals surface area contributed by atoms with E-state index in [0.29, 0.717) is 19.5 Å². The fourth-order valence-corrected chi connectivity index (χ4v) is 1.55. The number of halogens is 3. The summed E-state index contributed by atoms with van der Waals surface area (Å²) in [5.41, 5.74) is 5.05. The molecule has 0 unspecified atom stereocenters. The van der Waals surface area contributed by atoms with Gasteiger partial charge in [0, 0.05) is 13.1 Å². The van der Waals surface area contributed by atoms with Gasteiger partial charge < -0.3 is 10.6 Å². The lowest BCUT2D eigenvalue weighted by molar-refractivity contribution is -0.137. The number of hydrogen-bond acceptors (Lipinski definition) is 2. The van der Waals surface area contributed by atoms with Crippen molar-refractivity contribution in [2.75, 3.05) is 19.6 Å². The highest BCUT2D eigenvalue weighted by Gasteiger charge is 2.31. The lowest BCUT2D eigenvalue weighted by Gasteiger charge is -2.16. The van der Waals surface area contributed by atoms with Crippen LogP contribution < -0.4 is 5.73 Å². The highest BCUT2D eigenvalue weighted by atomic mass is 19.4. The Morgan fingerprint density at radius 1 is 1.50 bits per heavy atom. The first-order valence-corrected chi connectivity index (χ1v) is 4.47. The van der Waals surface area contributed by atoms with Crippen LogP contribution in [0.1, 0.15) is 12.8 Å². The molecule has 1 aliphatic heterocycles. The monoisotopic (exact) mass is 210 g/mol. The molecule has 0 spiro atoms. The van der Waals surface area contributed by atoms with Crippen LogP contribution in [0, 0.1) is 5.92 Å². The Balaban J connectivity index is 2.26. The fourth-order valence-electron chi connectivity index (χ4n) is 1.55. The van der Waals surface area contributed by atoms with Gasteiger partial charge in [-0.3, -0.25) is 4.79 Å². The molecule has 1 fully saturated rings. The first-order chi connectivity index (χ1) is 6.38. The molecule has 14 heavy (non-hydrogen) atoms. The molecule has 0 aromatic rings. The minimum Gasteiger partial charge on any atom is -0.369 e. The predicted octanol–water partition coefficient (Wildman–Crippen LogP) is 0.746. The maximum atomic E-state index is 11.8. The van der Waals surface area contributed by atoms with Gasteiger partial charge in [-0.1, -0.05) is 0 Å². The summed E-state index contributed by atoms with van der Waals surface area (Å²) in [6.07, 6.45) is -4.36. The standard InChI is InChI=1S/C8H13F3N2O/c9-8(10,11)2-4-13-3-1-6(5-13)7(12)14/h6H,1-5H2,(H2,12,14)/t6-/m0/s1. The number of hydrogen-bond donors (Lipinski definition) is 1. The Bertz CT molecular complexity index is 217. The molecule has 0 aliphatic carbocycles. The van der Waals surface area contributed by atoms with Crippen molar-refractivity contribution in [3.8, 4) is 0 Å². The van der Waals surface area contributed by atoms with E-state index in [1.807, 2.05) is 0 Å². The first kappa shape index (κ1) is 11.3. The number of primary amides is 1. The Kier molecular flexibility index (Phi) is 3.36. The molecule has 82 valence electrons. The molecule has 1 amide bonds. The third kappa shape index (κ3) is 3.53. The van der Waals surface area contributed by atoms with Crippen LogP contribution in [0.2, 0.25) is 0 Å². The second-order valence-electron chi connectivity index (χ2n) is 3.55. The van der Waals surface area contributed by atoms with E-state index in [4.69, 9.17) is 5.73 Å². The zero-order valence-corrected chi connectivity index (χ0v) is 7.68. The van der Waals surface area contributed by atoms with Crippen molar-refractivity contribution >= 4 is 5.91 Å². The van der Waals surface area contributed by atoms with Gasteiger partial charge in [-0.15, -0.1) is 0 Å². The number of carbonyl (C=O) groups excluding carboxylic acids is 1. The van der Waals surface area contributed by atoms with Crippen molar-refractivity contribution in [2.24, 2.45) is 11.7 Å². The van der Waals surface area contributed by atoms with Crippen LogP contribution in [-0.4, -0.2) is 36.6 Å². The molecule has 1 aliphatic rings. The number of likely N-dealkylation sites (tertiary alicyclic amines) is 1. The second-order valence-corrected chi connectivity index (χ2v) is 3.55. The molecule has 3 nitrogen and oxygen atoms in total.